The van der Waals surface area contributed by atoms with Crippen molar-refractivity contribution in [2.24, 2.45) is 4.99 Å². The van der Waals surface area contributed by atoms with Crippen LogP contribution in [0.1, 0.15) is 29.2 Å². The second-order valence-electron chi connectivity index (χ2n) is 5.33. The fourth-order valence-electron chi connectivity index (χ4n) is 1.99. The minimum atomic E-state index is -0.900. The summed E-state index contributed by atoms with van der Waals surface area (Å²) in [5, 5.41) is 21.1. The van der Waals surface area contributed by atoms with Crippen molar-refractivity contribution in [3.05, 3.63) is 44.3 Å². The molecule has 2 rings (SSSR count). The van der Waals surface area contributed by atoms with E-state index < -0.39 is 5.60 Å². The number of hydrogen-bond donors (Lipinski definition) is 3. The Morgan fingerprint density at radius 1 is 1.27 bits per heavy atom. The van der Waals surface area contributed by atoms with Crippen LogP contribution in [0.25, 0.3) is 0 Å². The molecule has 2 aromatic heterocycles. The van der Waals surface area contributed by atoms with E-state index in [2.05, 4.69) is 34.0 Å². The van der Waals surface area contributed by atoms with Gasteiger partial charge in [-0.05, 0) is 49.2 Å². The summed E-state index contributed by atoms with van der Waals surface area (Å²) in [5.74, 6) is 0.729. The minimum Gasteiger partial charge on any atom is -0.383 e. The molecule has 6 heteroatoms. The Kier molecular flexibility index (Phi) is 5.99. The minimum absolute atomic E-state index is 0.419. The highest BCUT2D eigenvalue weighted by Crippen LogP contribution is 2.24. The SMILES string of the molecule is CCNC(=NCc1sccc1C)NCC(C)(O)c1cccs1. The summed E-state index contributed by atoms with van der Waals surface area (Å²) in [6.07, 6.45) is 0. The first-order chi connectivity index (χ1) is 10.5. The number of rotatable bonds is 6. The van der Waals surface area contributed by atoms with Crippen molar-refractivity contribution in [2.75, 3.05) is 13.1 Å². The number of nitrogens with one attached hydrogen (secondary N) is 2. The summed E-state index contributed by atoms with van der Waals surface area (Å²) in [4.78, 5) is 6.81. The van der Waals surface area contributed by atoms with Crippen LogP contribution < -0.4 is 10.6 Å². The molecule has 120 valence electrons. The van der Waals surface area contributed by atoms with Gasteiger partial charge in [0.2, 0.25) is 0 Å². The monoisotopic (exact) mass is 337 g/mol. The van der Waals surface area contributed by atoms with Crippen molar-refractivity contribution in [3.8, 4) is 0 Å². The van der Waals surface area contributed by atoms with Crippen molar-refractivity contribution >= 4 is 28.6 Å². The summed E-state index contributed by atoms with van der Waals surface area (Å²) in [5.41, 5.74) is 0.374. The molecule has 4 nitrogen and oxygen atoms in total. The van der Waals surface area contributed by atoms with Gasteiger partial charge in [0.1, 0.15) is 5.60 Å². The number of aliphatic imine (C=N–C) groups is 1. The maximum absolute atomic E-state index is 10.6. The maximum atomic E-state index is 10.6. The second kappa shape index (κ2) is 7.76. The first-order valence-corrected chi connectivity index (χ1v) is 9.10. The number of hydrogen-bond acceptors (Lipinski definition) is 4. The molecule has 0 aliphatic rings. The van der Waals surface area contributed by atoms with Crippen LogP contribution in [0.5, 0.6) is 0 Å². The summed E-state index contributed by atoms with van der Waals surface area (Å²) in [7, 11) is 0. The fraction of sp³-hybridized carbons (Fsp3) is 0.438. The summed E-state index contributed by atoms with van der Waals surface area (Å²) < 4.78 is 0. The van der Waals surface area contributed by atoms with Crippen LogP contribution in [-0.4, -0.2) is 24.2 Å². The van der Waals surface area contributed by atoms with Crippen LogP contribution >= 0.6 is 22.7 Å². The van der Waals surface area contributed by atoms with Gasteiger partial charge >= 0.3 is 0 Å². The van der Waals surface area contributed by atoms with E-state index in [0.29, 0.717) is 13.1 Å². The lowest BCUT2D eigenvalue weighted by atomic mass is 10.1. The quantitative estimate of drug-likeness (QED) is 0.561. The van der Waals surface area contributed by atoms with E-state index in [0.717, 1.165) is 17.4 Å². The lowest BCUT2D eigenvalue weighted by molar-refractivity contribution is 0.0655. The molecule has 2 heterocycles. The van der Waals surface area contributed by atoms with Crippen molar-refractivity contribution in [2.45, 2.75) is 32.9 Å². The Labute approximate surface area is 139 Å². The molecule has 0 aromatic carbocycles. The predicted molar refractivity (Wildman–Crippen MR) is 95.8 cm³/mol. The van der Waals surface area contributed by atoms with Gasteiger partial charge in [0.15, 0.2) is 5.96 Å². The summed E-state index contributed by atoms with van der Waals surface area (Å²) >= 11 is 3.28. The van der Waals surface area contributed by atoms with E-state index >= 15 is 0 Å². The van der Waals surface area contributed by atoms with E-state index in [1.165, 1.54) is 10.4 Å². The van der Waals surface area contributed by atoms with Crippen molar-refractivity contribution < 1.29 is 5.11 Å². The molecule has 0 spiro atoms. The molecule has 2 aromatic rings. The van der Waals surface area contributed by atoms with Crippen molar-refractivity contribution in [3.63, 3.8) is 0 Å². The van der Waals surface area contributed by atoms with E-state index in [9.17, 15) is 5.11 Å². The highest BCUT2D eigenvalue weighted by Gasteiger charge is 2.24. The molecule has 0 amide bonds. The number of guanidine groups is 1. The predicted octanol–water partition coefficient (Wildman–Crippen LogP) is 3.08. The smallest absolute Gasteiger partial charge is 0.191 e. The molecule has 3 N–H and O–H groups in total. The fourth-order valence-corrected chi connectivity index (χ4v) is 3.60. The van der Waals surface area contributed by atoms with Crippen molar-refractivity contribution in [1.82, 2.24) is 10.6 Å². The average Bonchev–Trinajstić information content (AvgIpc) is 3.14. The Morgan fingerprint density at radius 3 is 2.68 bits per heavy atom. The van der Waals surface area contributed by atoms with Crippen LogP contribution in [0.15, 0.2) is 34.0 Å². The van der Waals surface area contributed by atoms with Crippen LogP contribution in [0.4, 0.5) is 0 Å². The van der Waals surface area contributed by atoms with Gasteiger partial charge in [0, 0.05) is 16.3 Å². The zero-order chi connectivity index (χ0) is 16.0. The van der Waals surface area contributed by atoms with Gasteiger partial charge in [0.05, 0.1) is 13.1 Å². The van der Waals surface area contributed by atoms with Crippen LogP contribution in [0, 0.1) is 6.92 Å². The van der Waals surface area contributed by atoms with E-state index in [4.69, 9.17) is 0 Å². The normalized spacial score (nSPS) is 14.6. The standard InChI is InChI=1S/C16H23N3OS2/c1-4-17-15(18-10-13-12(2)7-9-21-13)19-11-16(3,20)14-6-5-8-22-14/h5-9,20H,4,10-11H2,1-3H3,(H2,17,18,19). The van der Waals surface area contributed by atoms with Gasteiger partial charge in [-0.3, -0.25) is 0 Å². The first-order valence-electron chi connectivity index (χ1n) is 7.34. The zero-order valence-corrected chi connectivity index (χ0v) is 14.9. The van der Waals surface area contributed by atoms with E-state index in [-0.39, 0.29) is 0 Å². The van der Waals surface area contributed by atoms with Gasteiger partial charge in [-0.1, -0.05) is 6.07 Å². The van der Waals surface area contributed by atoms with Crippen LogP contribution in [0.2, 0.25) is 0 Å². The average molecular weight is 338 g/mol. The van der Waals surface area contributed by atoms with E-state index in [1.54, 1.807) is 22.7 Å². The molecule has 0 aliphatic carbocycles. The summed E-state index contributed by atoms with van der Waals surface area (Å²) in [6.45, 7) is 7.81. The Bertz CT molecular complexity index is 603. The molecule has 0 radical (unpaired) electrons. The molecular weight excluding hydrogens is 314 g/mol. The molecule has 0 saturated heterocycles. The molecule has 1 unspecified atom stereocenters. The Balaban J connectivity index is 1.98. The number of aryl methyl sites for hydroxylation is 1. The molecule has 0 fully saturated rings. The highest BCUT2D eigenvalue weighted by molar-refractivity contribution is 7.10. The molecule has 0 bridgehead atoms. The van der Waals surface area contributed by atoms with Crippen LogP contribution in [-0.2, 0) is 12.1 Å². The largest absolute Gasteiger partial charge is 0.383 e. The number of thiophene rings is 2. The van der Waals surface area contributed by atoms with Gasteiger partial charge < -0.3 is 15.7 Å². The molecule has 0 aliphatic heterocycles. The molecule has 0 saturated carbocycles. The van der Waals surface area contributed by atoms with E-state index in [1.807, 2.05) is 31.4 Å². The van der Waals surface area contributed by atoms with Gasteiger partial charge in [0.25, 0.3) is 0 Å². The lowest BCUT2D eigenvalue weighted by Crippen LogP contribution is -2.44. The van der Waals surface area contributed by atoms with Crippen molar-refractivity contribution in [1.29, 1.82) is 0 Å². The maximum Gasteiger partial charge on any atom is 0.191 e. The topological polar surface area (TPSA) is 56.7 Å². The third kappa shape index (κ3) is 4.56. The van der Waals surface area contributed by atoms with Gasteiger partial charge in [-0.25, -0.2) is 4.99 Å². The second-order valence-corrected chi connectivity index (χ2v) is 7.28. The van der Waals surface area contributed by atoms with Gasteiger partial charge in [-0.2, -0.15) is 0 Å². The Morgan fingerprint density at radius 2 is 2.09 bits per heavy atom. The third-order valence-electron chi connectivity index (χ3n) is 3.35. The highest BCUT2D eigenvalue weighted by atomic mass is 32.1. The lowest BCUT2D eigenvalue weighted by Gasteiger charge is -2.23. The zero-order valence-electron chi connectivity index (χ0n) is 13.2. The molecular formula is C16H23N3OS2. The molecule has 1 atom stereocenters. The third-order valence-corrected chi connectivity index (χ3v) is 5.48. The summed E-state index contributed by atoms with van der Waals surface area (Å²) in [6, 6.07) is 6.01. The number of aliphatic hydroxyl groups is 1. The molecule has 22 heavy (non-hydrogen) atoms. The number of nitrogens with zero attached hydrogens (tertiary/aromatic N) is 1. The first kappa shape index (κ1) is 17.0. The van der Waals surface area contributed by atoms with Crippen LogP contribution in [0.3, 0.4) is 0 Å². The Hall–Kier alpha value is -1.37. The van der Waals surface area contributed by atoms with Gasteiger partial charge in [-0.15, -0.1) is 22.7 Å².